The topological polar surface area (TPSA) is 84.4 Å². The van der Waals surface area contributed by atoms with Crippen molar-refractivity contribution in [2.75, 3.05) is 38.2 Å². The number of rotatable bonds is 6. The number of hydrogen-bond donors (Lipinski definition) is 1. The van der Waals surface area contributed by atoms with Crippen LogP contribution in [-0.4, -0.2) is 55.5 Å². The van der Waals surface area contributed by atoms with Crippen molar-refractivity contribution in [1.82, 2.24) is 14.3 Å². The molecule has 9 heteroatoms. The summed E-state index contributed by atoms with van der Waals surface area (Å²) in [5, 5.41) is 3.53. The van der Waals surface area contributed by atoms with Crippen molar-refractivity contribution in [2.24, 2.45) is 0 Å². The number of anilines is 1. The third-order valence-electron chi connectivity index (χ3n) is 4.77. The van der Waals surface area contributed by atoms with E-state index in [-0.39, 0.29) is 0 Å². The first-order chi connectivity index (χ1) is 14.0. The van der Waals surface area contributed by atoms with Crippen LogP contribution in [0.4, 0.5) is 5.82 Å². The highest BCUT2D eigenvalue weighted by atomic mass is 35.5. The summed E-state index contributed by atoms with van der Waals surface area (Å²) in [7, 11) is -3.47. The van der Waals surface area contributed by atoms with Gasteiger partial charge < -0.3 is 10.1 Å². The van der Waals surface area contributed by atoms with E-state index in [2.05, 4.69) is 15.3 Å². The van der Waals surface area contributed by atoms with E-state index in [4.69, 9.17) is 16.3 Å². The maximum absolute atomic E-state index is 12.7. The van der Waals surface area contributed by atoms with Gasteiger partial charge in [0.2, 0.25) is 10.0 Å². The van der Waals surface area contributed by atoms with Gasteiger partial charge in [-0.15, -0.1) is 0 Å². The Balaban J connectivity index is 1.39. The molecule has 1 fully saturated rings. The molecule has 0 radical (unpaired) electrons. The van der Waals surface area contributed by atoms with E-state index in [0.717, 1.165) is 16.6 Å². The zero-order chi connectivity index (χ0) is 20.3. The van der Waals surface area contributed by atoms with Crippen LogP contribution in [0.15, 0.2) is 53.4 Å². The summed E-state index contributed by atoms with van der Waals surface area (Å²) >= 11 is 6.21. The molecule has 0 aliphatic carbocycles. The van der Waals surface area contributed by atoms with Gasteiger partial charge in [-0.25, -0.2) is 18.4 Å². The monoisotopic (exact) mass is 432 g/mol. The molecule has 1 aliphatic heterocycles. The van der Waals surface area contributed by atoms with Gasteiger partial charge >= 0.3 is 0 Å². The molecule has 2 heterocycles. The van der Waals surface area contributed by atoms with Crippen LogP contribution in [0.25, 0.3) is 11.0 Å². The fourth-order valence-corrected chi connectivity index (χ4v) is 4.79. The SMILES string of the molecule is O=S(=O)(c1ccc(CCNc2nc3ccccc3nc2Cl)cc1)N1CCOCC1. The van der Waals surface area contributed by atoms with Gasteiger partial charge in [0, 0.05) is 19.6 Å². The van der Waals surface area contributed by atoms with Crippen molar-refractivity contribution < 1.29 is 13.2 Å². The van der Waals surface area contributed by atoms with E-state index in [1.54, 1.807) is 12.1 Å². The van der Waals surface area contributed by atoms with Crippen LogP contribution in [0.3, 0.4) is 0 Å². The van der Waals surface area contributed by atoms with Crippen molar-refractivity contribution >= 4 is 38.5 Å². The quantitative estimate of drug-likeness (QED) is 0.644. The summed E-state index contributed by atoms with van der Waals surface area (Å²) in [5.74, 6) is 0.539. The molecular formula is C20H21ClN4O3S. The van der Waals surface area contributed by atoms with Crippen LogP contribution >= 0.6 is 11.6 Å². The zero-order valence-corrected chi connectivity index (χ0v) is 17.3. The Morgan fingerprint density at radius 3 is 2.34 bits per heavy atom. The summed E-state index contributed by atoms with van der Waals surface area (Å²) in [4.78, 5) is 9.15. The normalized spacial score (nSPS) is 15.5. The highest BCUT2D eigenvalue weighted by Crippen LogP contribution is 2.21. The predicted molar refractivity (Wildman–Crippen MR) is 113 cm³/mol. The molecule has 29 heavy (non-hydrogen) atoms. The second-order valence-corrected chi connectivity index (χ2v) is 8.98. The minimum atomic E-state index is -3.47. The van der Waals surface area contributed by atoms with Crippen LogP contribution in [0, 0.1) is 0 Å². The standard InChI is InChI=1S/C20H21ClN4O3S/c21-19-20(24-18-4-2-1-3-17(18)23-19)22-10-9-15-5-7-16(8-6-15)29(26,27)25-11-13-28-14-12-25/h1-8H,9-14H2,(H,22,24). The third-order valence-corrected chi connectivity index (χ3v) is 6.94. The number of sulfonamides is 1. The molecule has 4 rings (SSSR count). The third kappa shape index (κ3) is 4.51. The molecule has 1 aromatic heterocycles. The molecule has 0 amide bonds. The van der Waals surface area contributed by atoms with Gasteiger partial charge in [-0.3, -0.25) is 0 Å². The number of ether oxygens (including phenoxy) is 1. The van der Waals surface area contributed by atoms with Crippen LogP contribution in [0.5, 0.6) is 0 Å². The summed E-state index contributed by atoms with van der Waals surface area (Å²) in [5.41, 5.74) is 2.54. The number of nitrogens with one attached hydrogen (secondary N) is 1. The molecule has 1 N–H and O–H groups in total. The van der Waals surface area contributed by atoms with Gasteiger partial charge in [-0.2, -0.15) is 4.31 Å². The van der Waals surface area contributed by atoms with Crippen molar-refractivity contribution in [2.45, 2.75) is 11.3 Å². The number of para-hydroxylation sites is 2. The maximum atomic E-state index is 12.7. The van der Waals surface area contributed by atoms with Crippen LogP contribution in [-0.2, 0) is 21.2 Å². The van der Waals surface area contributed by atoms with Crippen molar-refractivity contribution in [3.63, 3.8) is 0 Å². The minimum Gasteiger partial charge on any atom is -0.379 e. The van der Waals surface area contributed by atoms with Crippen molar-refractivity contribution in [3.8, 4) is 0 Å². The lowest BCUT2D eigenvalue weighted by atomic mass is 10.1. The number of aromatic nitrogens is 2. The van der Waals surface area contributed by atoms with Crippen LogP contribution < -0.4 is 5.32 Å². The van der Waals surface area contributed by atoms with Crippen LogP contribution in [0.1, 0.15) is 5.56 Å². The van der Waals surface area contributed by atoms with Gasteiger partial charge in [0.15, 0.2) is 11.0 Å². The fourth-order valence-electron chi connectivity index (χ4n) is 3.18. The molecule has 0 unspecified atom stereocenters. The number of halogens is 1. The molecular weight excluding hydrogens is 412 g/mol. The average Bonchev–Trinajstić information content (AvgIpc) is 2.75. The van der Waals surface area contributed by atoms with E-state index in [9.17, 15) is 8.42 Å². The first-order valence-electron chi connectivity index (χ1n) is 9.37. The van der Waals surface area contributed by atoms with Crippen molar-refractivity contribution in [1.29, 1.82) is 0 Å². The van der Waals surface area contributed by atoms with E-state index in [1.165, 1.54) is 4.31 Å². The number of benzene rings is 2. The summed E-state index contributed by atoms with van der Waals surface area (Å²) in [6.45, 7) is 2.25. The zero-order valence-electron chi connectivity index (χ0n) is 15.7. The van der Waals surface area contributed by atoms with E-state index < -0.39 is 10.0 Å². The Kier molecular flexibility index (Phi) is 5.96. The fraction of sp³-hybridized carbons (Fsp3) is 0.300. The summed E-state index contributed by atoms with van der Waals surface area (Å²) in [6.07, 6.45) is 0.697. The Morgan fingerprint density at radius 2 is 1.66 bits per heavy atom. The van der Waals surface area contributed by atoms with E-state index in [0.29, 0.717) is 55.1 Å². The first kappa shape index (κ1) is 20.0. The molecule has 0 spiro atoms. The van der Waals surface area contributed by atoms with Gasteiger partial charge in [-0.1, -0.05) is 35.9 Å². The van der Waals surface area contributed by atoms with Gasteiger partial charge in [0.1, 0.15) is 0 Å². The van der Waals surface area contributed by atoms with Gasteiger partial charge in [-0.05, 0) is 36.2 Å². The Labute approximate surface area is 174 Å². The number of hydrogen-bond acceptors (Lipinski definition) is 6. The molecule has 2 aromatic carbocycles. The summed E-state index contributed by atoms with van der Waals surface area (Å²) < 4.78 is 32.0. The molecule has 0 saturated carbocycles. The predicted octanol–water partition coefficient (Wildman–Crippen LogP) is 2.96. The van der Waals surface area contributed by atoms with E-state index in [1.807, 2.05) is 36.4 Å². The minimum absolute atomic E-state index is 0.305. The Morgan fingerprint density at radius 1 is 1.00 bits per heavy atom. The molecule has 3 aromatic rings. The molecule has 0 atom stereocenters. The molecule has 7 nitrogen and oxygen atoms in total. The van der Waals surface area contributed by atoms with Crippen LogP contribution in [0.2, 0.25) is 5.15 Å². The number of fused-ring (bicyclic) bond motifs is 1. The molecule has 1 aliphatic rings. The Bertz CT molecular complexity index is 1100. The largest absolute Gasteiger partial charge is 0.379 e. The highest BCUT2D eigenvalue weighted by molar-refractivity contribution is 7.89. The average molecular weight is 433 g/mol. The second-order valence-electron chi connectivity index (χ2n) is 6.69. The number of nitrogens with zero attached hydrogens (tertiary/aromatic N) is 3. The number of morpholine rings is 1. The molecule has 152 valence electrons. The Hall–Kier alpha value is -2.26. The highest BCUT2D eigenvalue weighted by Gasteiger charge is 2.26. The lowest BCUT2D eigenvalue weighted by Crippen LogP contribution is -2.40. The smallest absolute Gasteiger partial charge is 0.243 e. The van der Waals surface area contributed by atoms with E-state index >= 15 is 0 Å². The second kappa shape index (κ2) is 8.62. The van der Waals surface area contributed by atoms with Crippen molar-refractivity contribution in [3.05, 3.63) is 59.2 Å². The molecule has 1 saturated heterocycles. The lowest BCUT2D eigenvalue weighted by Gasteiger charge is -2.26. The van der Waals surface area contributed by atoms with Gasteiger partial charge in [0.25, 0.3) is 0 Å². The lowest BCUT2D eigenvalue weighted by molar-refractivity contribution is 0.0730. The van der Waals surface area contributed by atoms with Gasteiger partial charge in [0.05, 0.1) is 29.1 Å². The first-order valence-corrected chi connectivity index (χ1v) is 11.2. The summed E-state index contributed by atoms with van der Waals surface area (Å²) in [6, 6.07) is 14.5. The maximum Gasteiger partial charge on any atom is 0.243 e. The molecule has 0 bridgehead atoms.